The zero-order chi connectivity index (χ0) is 24.4. The molecule has 0 fully saturated rings. The minimum atomic E-state index is -1.05. The lowest BCUT2D eigenvalue weighted by molar-refractivity contribution is -0.142. The second-order valence-electron chi connectivity index (χ2n) is 7.61. The van der Waals surface area contributed by atoms with Crippen LogP contribution in [0.3, 0.4) is 0 Å². The lowest BCUT2D eigenvalue weighted by Crippen LogP contribution is -2.11. The molecule has 0 aliphatic heterocycles. The van der Waals surface area contributed by atoms with Crippen LogP contribution in [0.1, 0.15) is 50.3 Å². The summed E-state index contributed by atoms with van der Waals surface area (Å²) in [7, 11) is 1.56. The van der Waals surface area contributed by atoms with Gasteiger partial charge in [-0.3, -0.25) is 9.59 Å². The van der Waals surface area contributed by atoms with E-state index in [1.54, 1.807) is 25.3 Å². The third-order valence-corrected chi connectivity index (χ3v) is 4.72. The molecule has 0 aromatic heterocycles. The predicted molar refractivity (Wildman–Crippen MR) is 130 cm³/mol. The number of carbonyl (C=O) groups excluding carboxylic acids is 1. The van der Waals surface area contributed by atoms with Gasteiger partial charge in [-0.15, -0.1) is 0 Å². The third-order valence-electron chi connectivity index (χ3n) is 4.72. The number of hydrogen-bond donors (Lipinski definition) is 2. The quantitative estimate of drug-likeness (QED) is 0.160. The Morgan fingerprint density at radius 1 is 1.06 bits per heavy atom. The van der Waals surface area contributed by atoms with E-state index in [0.29, 0.717) is 36.0 Å². The molecule has 0 unspecified atom stereocenters. The fraction of sp³-hybridized carbons (Fsp3) is 0.308. The van der Waals surface area contributed by atoms with Crippen LogP contribution in [0.4, 0.5) is 5.69 Å². The van der Waals surface area contributed by atoms with E-state index < -0.39 is 11.9 Å². The number of hydrogen-bond acceptors (Lipinski definition) is 6. The Hall–Kier alpha value is -3.74. The van der Waals surface area contributed by atoms with E-state index in [-0.39, 0.29) is 12.8 Å². The molecular weight excluding hydrogens is 422 g/mol. The van der Waals surface area contributed by atoms with Crippen LogP contribution in [0.2, 0.25) is 0 Å². The first-order valence-electron chi connectivity index (χ1n) is 10.7. The van der Waals surface area contributed by atoms with Crippen molar-refractivity contribution in [2.75, 3.05) is 19.5 Å². The molecule has 0 heterocycles. The molecule has 176 valence electrons. The average Bonchev–Trinajstić information content (AvgIpc) is 2.76. The highest BCUT2D eigenvalue weighted by atomic mass is 16.5. The molecule has 2 aromatic carbocycles. The van der Waals surface area contributed by atoms with Crippen LogP contribution in [0, 0.1) is 0 Å². The molecular formula is C26H31NO6. The number of carboxylic acid groups (broad SMARTS) is 1. The summed E-state index contributed by atoms with van der Waals surface area (Å²) in [4.78, 5) is 22.8. The van der Waals surface area contributed by atoms with Crippen LogP contribution in [0.25, 0.3) is 12.2 Å². The number of ether oxygens (including phenoxy) is 3. The summed E-state index contributed by atoms with van der Waals surface area (Å²) in [5.74, 6) is -0.188. The van der Waals surface area contributed by atoms with Crippen molar-refractivity contribution >= 4 is 29.8 Å². The molecule has 2 aromatic rings. The van der Waals surface area contributed by atoms with Crippen molar-refractivity contribution in [2.45, 2.75) is 40.0 Å². The van der Waals surface area contributed by atoms with Crippen LogP contribution in [-0.2, 0) is 16.0 Å². The summed E-state index contributed by atoms with van der Waals surface area (Å²) in [5.41, 5.74) is 10.3. The first-order chi connectivity index (χ1) is 15.7. The maximum atomic E-state index is 12.1. The normalized spacial score (nSPS) is 10.7. The van der Waals surface area contributed by atoms with Gasteiger partial charge >= 0.3 is 11.9 Å². The van der Waals surface area contributed by atoms with Crippen LogP contribution < -0.4 is 19.9 Å². The minimum absolute atomic E-state index is 0.213. The number of allylic oxidation sites excluding steroid dienone is 2. The van der Waals surface area contributed by atoms with Gasteiger partial charge in [0.05, 0.1) is 32.2 Å². The summed E-state index contributed by atoms with van der Waals surface area (Å²) >= 11 is 0. The molecule has 0 spiro atoms. The van der Waals surface area contributed by atoms with Gasteiger partial charge in [0.1, 0.15) is 17.2 Å². The number of rotatable bonds is 11. The van der Waals surface area contributed by atoms with Gasteiger partial charge in [-0.1, -0.05) is 29.9 Å². The smallest absolute Gasteiger partial charge is 0.311 e. The Bertz CT molecular complexity index is 1050. The SMILES string of the molecule is CCOc1cc(OC(=O)CCC(=O)O)cc(/C=C/c2ccc(N)c(OC)c2)c1CC=C(C)C. The number of nitrogen functional groups attached to an aromatic ring is 1. The summed E-state index contributed by atoms with van der Waals surface area (Å²) in [5, 5.41) is 8.80. The molecule has 3 N–H and O–H groups in total. The number of methoxy groups -OCH3 is 1. The summed E-state index contributed by atoms with van der Waals surface area (Å²) in [6.07, 6.45) is 6.05. The molecule has 0 saturated heterocycles. The number of anilines is 1. The van der Waals surface area contributed by atoms with Gasteiger partial charge in [-0.2, -0.15) is 0 Å². The van der Waals surface area contributed by atoms with Crippen molar-refractivity contribution in [2.24, 2.45) is 0 Å². The molecule has 0 saturated carbocycles. The molecule has 7 nitrogen and oxygen atoms in total. The maximum Gasteiger partial charge on any atom is 0.311 e. The van der Waals surface area contributed by atoms with Gasteiger partial charge in [-0.25, -0.2) is 0 Å². The zero-order valence-electron chi connectivity index (χ0n) is 19.5. The summed E-state index contributed by atoms with van der Waals surface area (Å²) < 4.78 is 16.6. The Morgan fingerprint density at radius 2 is 1.82 bits per heavy atom. The molecule has 0 aliphatic rings. The van der Waals surface area contributed by atoms with Crippen molar-refractivity contribution in [3.05, 3.63) is 58.7 Å². The standard InChI is InChI=1S/C26H31NO6/c1-5-32-23-16-20(33-26(30)13-12-25(28)29)15-19(21(23)10-6-17(2)3)9-7-18-8-11-22(27)24(14-18)31-4/h6-9,11,14-16H,5,10,12-13,27H2,1-4H3,(H,28,29)/b9-7+. The van der Waals surface area contributed by atoms with Crippen LogP contribution in [0.5, 0.6) is 17.2 Å². The second-order valence-corrected chi connectivity index (χ2v) is 7.61. The van der Waals surface area contributed by atoms with E-state index >= 15 is 0 Å². The third kappa shape index (κ3) is 8.03. The first kappa shape index (κ1) is 25.5. The molecule has 0 amide bonds. The van der Waals surface area contributed by atoms with E-state index in [9.17, 15) is 9.59 Å². The van der Waals surface area contributed by atoms with Gasteiger partial charge in [0.2, 0.25) is 0 Å². The van der Waals surface area contributed by atoms with E-state index in [1.807, 2.05) is 45.1 Å². The van der Waals surface area contributed by atoms with Crippen molar-refractivity contribution in [1.29, 1.82) is 0 Å². The molecule has 0 aliphatic carbocycles. The van der Waals surface area contributed by atoms with Gasteiger partial charge in [0, 0.05) is 11.6 Å². The molecule has 7 heteroatoms. The fourth-order valence-corrected chi connectivity index (χ4v) is 3.07. The van der Waals surface area contributed by atoms with Gasteiger partial charge in [0.15, 0.2) is 0 Å². The van der Waals surface area contributed by atoms with Gasteiger partial charge in [-0.05, 0) is 56.5 Å². The number of aliphatic carboxylic acids is 1. The van der Waals surface area contributed by atoms with Crippen molar-refractivity contribution in [1.82, 2.24) is 0 Å². The van der Waals surface area contributed by atoms with Crippen molar-refractivity contribution in [3.63, 3.8) is 0 Å². The second kappa shape index (κ2) is 12.3. The largest absolute Gasteiger partial charge is 0.495 e. The summed E-state index contributed by atoms with van der Waals surface area (Å²) in [6, 6.07) is 8.90. The number of carbonyl (C=O) groups is 2. The maximum absolute atomic E-state index is 12.1. The first-order valence-corrected chi connectivity index (χ1v) is 10.7. The van der Waals surface area contributed by atoms with Gasteiger partial charge in [0.25, 0.3) is 0 Å². The van der Waals surface area contributed by atoms with Gasteiger partial charge < -0.3 is 25.1 Å². The monoisotopic (exact) mass is 453 g/mol. The number of nitrogens with two attached hydrogens (primary N) is 1. The molecule has 0 radical (unpaired) electrons. The molecule has 33 heavy (non-hydrogen) atoms. The molecule has 2 rings (SSSR count). The summed E-state index contributed by atoms with van der Waals surface area (Å²) in [6.45, 7) is 6.37. The Morgan fingerprint density at radius 3 is 2.45 bits per heavy atom. The zero-order valence-corrected chi connectivity index (χ0v) is 19.5. The minimum Gasteiger partial charge on any atom is -0.495 e. The van der Waals surface area contributed by atoms with Crippen LogP contribution in [-0.4, -0.2) is 30.8 Å². The highest BCUT2D eigenvalue weighted by molar-refractivity contribution is 5.79. The highest BCUT2D eigenvalue weighted by Gasteiger charge is 2.14. The van der Waals surface area contributed by atoms with Crippen molar-refractivity contribution in [3.8, 4) is 17.2 Å². The van der Waals surface area contributed by atoms with E-state index in [0.717, 1.165) is 16.7 Å². The number of esters is 1. The fourth-order valence-electron chi connectivity index (χ4n) is 3.07. The van der Waals surface area contributed by atoms with E-state index in [2.05, 4.69) is 6.08 Å². The average molecular weight is 454 g/mol. The Balaban J connectivity index is 2.48. The number of benzene rings is 2. The van der Waals surface area contributed by atoms with E-state index in [1.165, 1.54) is 5.57 Å². The lowest BCUT2D eigenvalue weighted by atomic mass is 10.00. The number of carboxylic acids is 1. The lowest BCUT2D eigenvalue weighted by Gasteiger charge is -2.15. The molecule has 0 bridgehead atoms. The van der Waals surface area contributed by atoms with Crippen molar-refractivity contribution < 1.29 is 28.9 Å². The van der Waals surface area contributed by atoms with Crippen LogP contribution >= 0.6 is 0 Å². The predicted octanol–water partition coefficient (Wildman–Crippen LogP) is 5.13. The Labute approximate surface area is 194 Å². The van der Waals surface area contributed by atoms with E-state index in [4.69, 9.17) is 25.1 Å². The molecule has 0 atom stereocenters. The van der Waals surface area contributed by atoms with Crippen LogP contribution in [0.15, 0.2) is 42.0 Å². The topological polar surface area (TPSA) is 108 Å². The Kier molecular flexibility index (Phi) is 9.54. The highest BCUT2D eigenvalue weighted by Crippen LogP contribution is 2.32.